The highest BCUT2D eigenvalue weighted by molar-refractivity contribution is 5.90. The molecule has 2 aromatic heterocycles. The predicted octanol–water partition coefficient (Wildman–Crippen LogP) is 3.45. The molecular weight excluding hydrogens is 292 g/mol. The van der Waals surface area contributed by atoms with E-state index < -0.39 is 0 Å². The van der Waals surface area contributed by atoms with E-state index in [1.807, 2.05) is 13.0 Å². The molecule has 1 atom stereocenters. The Morgan fingerprint density at radius 2 is 2.22 bits per heavy atom. The van der Waals surface area contributed by atoms with E-state index in [1.54, 1.807) is 12.5 Å². The fourth-order valence-corrected chi connectivity index (χ4v) is 3.20. The van der Waals surface area contributed by atoms with E-state index in [1.165, 1.54) is 0 Å². The molecule has 1 fully saturated rings. The van der Waals surface area contributed by atoms with Gasteiger partial charge >= 0.3 is 6.03 Å². The summed E-state index contributed by atoms with van der Waals surface area (Å²) >= 11 is 0. The molecule has 2 aromatic rings. The fourth-order valence-electron chi connectivity index (χ4n) is 3.20. The summed E-state index contributed by atoms with van der Waals surface area (Å²) in [5.41, 5.74) is 2.77. The Morgan fingerprint density at radius 1 is 1.35 bits per heavy atom. The van der Waals surface area contributed by atoms with Gasteiger partial charge in [0.25, 0.3) is 0 Å². The van der Waals surface area contributed by atoms with Crippen LogP contribution in [-0.2, 0) is 6.42 Å². The Balaban J connectivity index is 1.47. The summed E-state index contributed by atoms with van der Waals surface area (Å²) in [6.07, 6.45) is 8.56. The molecular formula is C17H20N4O2. The molecule has 2 heterocycles. The van der Waals surface area contributed by atoms with Crippen molar-refractivity contribution in [2.24, 2.45) is 0 Å². The van der Waals surface area contributed by atoms with Gasteiger partial charge in [-0.3, -0.25) is 0 Å². The summed E-state index contributed by atoms with van der Waals surface area (Å²) in [7, 11) is 0. The molecule has 2 aliphatic rings. The summed E-state index contributed by atoms with van der Waals surface area (Å²) in [5.74, 6) is 2.19. The lowest BCUT2D eigenvalue weighted by Gasteiger charge is -2.23. The zero-order chi connectivity index (χ0) is 15.8. The second-order valence-electron chi connectivity index (χ2n) is 6.33. The average molecular weight is 312 g/mol. The monoisotopic (exact) mass is 312 g/mol. The van der Waals surface area contributed by atoms with Crippen LogP contribution in [0.5, 0.6) is 0 Å². The van der Waals surface area contributed by atoms with Crippen molar-refractivity contribution in [3.05, 3.63) is 41.4 Å². The standard InChI is InChI=1S/C17H20N4O2/c1-10-18-9-14(16(19-10)11-5-6-11)21-17(22)20-13-3-2-4-15-12(13)7-8-23-15/h7-9,11,13H,2-6H2,1H3,(H2,20,21,22). The van der Waals surface area contributed by atoms with Crippen LogP contribution in [0.3, 0.4) is 0 Å². The molecule has 0 radical (unpaired) electrons. The molecule has 6 heteroatoms. The number of furan rings is 1. The van der Waals surface area contributed by atoms with Gasteiger partial charge < -0.3 is 15.1 Å². The molecule has 6 nitrogen and oxygen atoms in total. The minimum Gasteiger partial charge on any atom is -0.469 e. The first-order valence-electron chi connectivity index (χ1n) is 8.18. The van der Waals surface area contributed by atoms with Gasteiger partial charge in [0.1, 0.15) is 11.6 Å². The molecule has 0 aromatic carbocycles. The summed E-state index contributed by atoms with van der Waals surface area (Å²) in [4.78, 5) is 21.1. The van der Waals surface area contributed by atoms with Crippen LogP contribution in [0.15, 0.2) is 22.9 Å². The maximum atomic E-state index is 12.4. The third-order valence-corrected chi connectivity index (χ3v) is 4.51. The molecule has 0 bridgehead atoms. The second kappa shape index (κ2) is 5.68. The van der Waals surface area contributed by atoms with Gasteiger partial charge in [-0.25, -0.2) is 14.8 Å². The molecule has 120 valence electrons. The molecule has 1 unspecified atom stereocenters. The van der Waals surface area contributed by atoms with Crippen LogP contribution in [-0.4, -0.2) is 16.0 Å². The average Bonchev–Trinajstić information content (AvgIpc) is 3.26. The number of hydrogen-bond donors (Lipinski definition) is 2. The Bertz CT molecular complexity index is 736. The topological polar surface area (TPSA) is 80.0 Å². The Hall–Kier alpha value is -2.37. The number of aryl methyl sites for hydroxylation is 2. The van der Waals surface area contributed by atoms with Gasteiger partial charge in [-0.05, 0) is 38.7 Å². The highest BCUT2D eigenvalue weighted by Gasteiger charge is 2.29. The van der Waals surface area contributed by atoms with Crippen LogP contribution in [0.25, 0.3) is 0 Å². The van der Waals surface area contributed by atoms with E-state index in [-0.39, 0.29) is 12.1 Å². The highest BCUT2D eigenvalue weighted by Crippen LogP contribution is 2.42. The summed E-state index contributed by atoms with van der Waals surface area (Å²) in [6, 6.07) is 1.75. The predicted molar refractivity (Wildman–Crippen MR) is 85.3 cm³/mol. The molecule has 0 spiro atoms. The highest BCUT2D eigenvalue weighted by atomic mass is 16.3. The Morgan fingerprint density at radius 3 is 3.04 bits per heavy atom. The lowest BCUT2D eigenvalue weighted by atomic mass is 9.93. The van der Waals surface area contributed by atoms with Gasteiger partial charge in [0.05, 0.1) is 29.9 Å². The van der Waals surface area contributed by atoms with Crippen LogP contribution >= 0.6 is 0 Å². The lowest BCUT2D eigenvalue weighted by Crippen LogP contribution is -2.34. The molecule has 23 heavy (non-hydrogen) atoms. The van der Waals surface area contributed by atoms with Gasteiger partial charge in [-0.15, -0.1) is 0 Å². The van der Waals surface area contributed by atoms with Crippen LogP contribution < -0.4 is 10.6 Å². The minimum absolute atomic E-state index is 0.00763. The quantitative estimate of drug-likeness (QED) is 0.909. The largest absolute Gasteiger partial charge is 0.469 e. The molecule has 2 amide bonds. The number of nitrogens with zero attached hydrogens (tertiary/aromatic N) is 2. The van der Waals surface area contributed by atoms with Crippen molar-refractivity contribution < 1.29 is 9.21 Å². The lowest BCUT2D eigenvalue weighted by molar-refractivity contribution is 0.246. The first-order chi connectivity index (χ1) is 11.2. The number of carbonyl (C=O) groups is 1. The van der Waals surface area contributed by atoms with Crippen molar-refractivity contribution in [3.8, 4) is 0 Å². The summed E-state index contributed by atoms with van der Waals surface area (Å²) < 4.78 is 5.47. The molecule has 1 saturated carbocycles. The zero-order valence-corrected chi connectivity index (χ0v) is 13.1. The second-order valence-corrected chi connectivity index (χ2v) is 6.33. The number of aromatic nitrogens is 2. The van der Waals surface area contributed by atoms with E-state index in [2.05, 4.69) is 20.6 Å². The van der Waals surface area contributed by atoms with Crippen molar-refractivity contribution in [2.75, 3.05) is 5.32 Å². The molecule has 2 N–H and O–H groups in total. The third-order valence-electron chi connectivity index (χ3n) is 4.51. The van der Waals surface area contributed by atoms with Gasteiger partial charge in [0.15, 0.2) is 0 Å². The Labute approximate surface area is 134 Å². The number of fused-ring (bicyclic) bond motifs is 1. The minimum atomic E-state index is -0.210. The smallest absolute Gasteiger partial charge is 0.319 e. The van der Waals surface area contributed by atoms with Crippen LogP contribution in [0.1, 0.15) is 60.5 Å². The molecule has 0 aliphatic heterocycles. The number of hydrogen-bond acceptors (Lipinski definition) is 4. The number of nitrogens with one attached hydrogen (secondary N) is 2. The maximum Gasteiger partial charge on any atom is 0.319 e. The number of rotatable bonds is 3. The fraction of sp³-hybridized carbons (Fsp3) is 0.471. The number of anilines is 1. The van der Waals surface area contributed by atoms with E-state index in [4.69, 9.17) is 4.42 Å². The third kappa shape index (κ3) is 2.93. The van der Waals surface area contributed by atoms with Crippen molar-refractivity contribution >= 4 is 11.7 Å². The van der Waals surface area contributed by atoms with Crippen LogP contribution in [0.2, 0.25) is 0 Å². The van der Waals surface area contributed by atoms with Gasteiger partial charge in [0, 0.05) is 17.9 Å². The van der Waals surface area contributed by atoms with Crippen molar-refractivity contribution in [1.82, 2.24) is 15.3 Å². The SMILES string of the molecule is Cc1ncc(NC(=O)NC2CCCc3occc32)c(C2CC2)n1. The van der Waals surface area contributed by atoms with Gasteiger partial charge in [-0.2, -0.15) is 0 Å². The molecule has 0 saturated heterocycles. The van der Waals surface area contributed by atoms with Gasteiger partial charge in [-0.1, -0.05) is 0 Å². The normalized spacial score (nSPS) is 20.0. The first-order valence-corrected chi connectivity index (χ1v) is 8.18. The maximum absolute atomic E-state index is 12.4. The Kier molecular flexibility index (Phi) is 3.52. The number of urea groups is 1. The zero-order valence-electron chi connectivity index (χ0n) is 13.1. The van der Waals surface area contributed by atoms with E-state index >= 15 is 0 Å². The van der Waals surface area contributed by atoms with Crippen LogP contribution in [0, 0.1) is 6.92 Å². The van der Waals surface area contributed by atoms with Crippen molar-refractivity contribution in [3.63, 3.8) is 0 Å². The molecule has 2 aliphatic carbocycles. The number of amides is 2. The first kappa shape index (κ1) is 14.2. The van der Waals surface area contributed by atoms with E-state index in [0.717, 1.165) is 60.6 Å². The number of carbonyl (C=O) groups excluding carboxylic acids is 1. The van der Waals surface area contributed by atoms with Crippen molar-refractivity contribution in [2.45, 2.75) is 51.0 Å². The van der Waals surface area contributed by atoms with E-state index in [9.17, 15) is 4.79 Å². The van der Waals surface area contributed by atoms with Crippen molar-refractivity contribution in [1.29, 1.82) is 0 Å². The summed E-state index contributed by atoms with van der Waals surface area (Å²) in [6.45, 7) is 1.87. The molecule has 4 rings (SSSR count). The van der Waals surface area contributed by atoms with Crippen LogP contribution in [0.4, 0.5) is 10.5 Å². The van der Waals surface area contributed by atoms with Gasteiger partial charge in [0.2, 0.25) is 0 Å². The van der Waals surface area contributed by atoms with E-state index in [0.29, 0.717) is 5.92 Å². The summed E-state index contributed by atoms with van der Waals surface area (Å²) in [5, 5.41) is 5.97.